The fourth-order valence-corrected chi connectivity index (χ4v) is 5.52. The zero-order valence-electron chi connectivity index (χ0n) is 16.6. The Morgan fingerprint density at radius 2 is 1.90 bits per heavy atom. The van der Waals surface area contributed by atoms with Crippen LogP contribution in [0.2, 0.25) is 10.0 Å². The van der Waals surface area contributed by atoms with Gasteiger partial charge in [-0.2, -0.15) is 0 Å². The van der Waals surface area contributed by atoms with E-state index in [-0.39, 0.29) is 11.3 Å². The van der Waals surface area contributed by atoms with Gasteiger partial charge in [-0.3, -0.25) is 9.59 Å². The van der Waals surface area contributed by atoms with Crippen LogP contribution in [0.1, 0.15) is 53.6 Å². The third-order valence-corrected chi connectivity index (χ3v) is 7.20. The number of amides is 2. The lowest BCUT2D eigenvalue weighted by atomic mass is 9.72. The van der Waals surface area contributed by atoms with Crippen molar-refractivity contribution < 1.29 is 9.59 Å². The molecule has 3 N–H and O–H groups in total. The summed E-state index contributed by atoms with van der Waals surface area (Å²) in [5.74, 6) is -0.347. The van der Waals surface area contributed by atoms with E-state index in [2.05, 4.69) is 26.1 Å². The fraction of sp³-hybridized carbons (Fsp3) is 0.364. The molecule has 0 spiro atoms. The third kappa shape index (κ3) is 4.85. The van der Waals surface area contributed by atoms with Crippen LogP contribution in [0.5, 0.6) is 0 Å². The largest absolute Gasteiger partial charge is 0.365 e. The summed E-state index contributed by atoms with van der Waals surface area (Å²) < 4.78 is 0. The first kappa shape index (κ1) is 21.9. The number of benzene rings is 1. The number of anilines is 1. The highest BCUT2D eigenvalue weighted by Crippen LogP contribution is 2.44. The Labute approximate surface area is 185 Å². The van der Waals surface area contributed by atoms with Gasteiger partial charge in [0.25, 0.3) is 5.91 Å². The summed E-state index contributed by atoms with van der Waals surface area (Å²) in [6, 6.07) is 5.15. The van der Waals surface area contributed by atoms with Gasteiger partial charge < -0.3 is 11.1 Å². The number of halogens is 2. The topological polar surface area (TPSA) is 72.2 Å². The van der Waals surface area contributed by atoms with Crippen LogP contribution in [-0.2, 0) is 17.6 Å². The highest BCUT2D eigenvalue weighted by atomic mass is 35.5. The molecule has 4 nitrogen and oxygen atoms in total. The maximum atomic E-state index is 12.5. The molecule has 1 aromatic heterocycles. The van der Waals surface area contributed by atoms with Crippen molar-refractivity contribution in [2.75, 3.05) is 5.32 Å². The van der Waals surface area contributed by atoms with Crippen molar-refractivity contribution in [2.45, 2.75) is 40.0 Å². The summed E-state index contributed by atoms with van der Waals surface area (Å²) in [6.45, 7) is 6.70. The van der Waals surface area contributed by atoms with Crippen LogP contribution < -0.4 is 11.1 Å². The lowest BCUT2D eigenvalue weighted by Gasteiger charge is -2.33. The van der Waals surface area contributed by atoms with Gasteiger partial charge in [0, 0.05) is 26.6 Å². The predicted octanol–water partition coefficient (Wildman–Crippen LogP) is 5.96. The van der Waals surface area contributed by atoms with Crippen LogP contribution >= 0.6 is 34.5 Å². The molecule has 1 aromatic carbocycles. The highest BCUT2D eigenvalue weighted by molar-refractivity contribution is 7.17. The number of hydrogen-bond donors (Lipinski definition) is 2. The molecule has 2 aromatic rings. The molecule has 1 aliphatic rings. The zero-order valence-corrected chi connectivity index (χ0v) is 19.0. The van der Waals surface area contributed by atoms with Crippen LogP contribution in [0.15, 0.2) is 24.3 Å². The molecule has 0 radical (unpaired) electrons. The number of rotatable bonds is 4. The number of thiophene rings is 1. The predicted molar refractivity (Wildman–Crippen MR) is 122 cm³/mol. The smallest absolute Gasteiger partial charge is 0.251 e. The molecule has 0 fully saturated rings. The van der Waals surface area contributed by atoms with Gasteiger partial charge in [0.05, 0.1) is 5.56 Å². The number of carbonyl (C=O) groups is 2. The molecule has 29 heavy (non-hydrogen) atoms. The van der Waals surface area contributed by atoms with E-state index in [1.807, 2.05) is 0 Å². The number of hydrogen-bond acceptors (Lipinski definition) is 3. The van der Waals surface area contributed by atoms with Crippen LogP contribution in [0.25, 0.3) is 6.08 Å². The second kappa shape index (κ2) is 8.50. The first-order valence-electron chi connectivity index (χ1n) is 9.45. The Kier molecular flexibility index (Phi) is 6.42. The molecule has 1 unspecified atom stereocenters. The number of primary amides is 1. The summed E-state index contributed by atoms with van der Waals surface area (Å²) in [5, 5.41) is 4.24. The Morgan fingerprint density at radius 1 is 1.24 bits per heavy atom. The average Bonchev–Trinajstić information content (AvgIpc) is 2.97. The van der Waals surface area contributed by atoms with Gasteiger partial charge in [-0.1, -0.05) is 50.0 Å². The second-order valence-corrected chi connectivity index (χ2v) is 10.3. The first-order chi connectivity index (χ1) is 13.6. The maximum Gasteiger partial charge on any atom is 0.251 e. The number of carbonyl (C=O) groups excluding carboxylic acids is 2. The third-order valence-electron chi connectivity index (χ3n) is 5.37. The van der Waals surface area contributed by atoms with Gasteiger partial charge in [0.1, 0.15) is 5.00 Å². The van der Waals surface area contributed by atoms with Crippen LogP contribution in [0.4, 0.5) is 5.00 Å². The van der Waals surface area contributed by atoms with E-state index >= 15 is 0 Å². The lowest BCUT2D eigenvalue weighted by Crippen LogP contribution is -2.27. The van der Waals surface area contributed by atoms with Gasteiger partial charge in [-0.15, -0.1) is 11.3 Å². The SMILES string of the molecule is CC(C)(C)C1CCc2c(sc(NC(=O)/C=C/c3c(Cl)cccc3Cl)c2C(N)=O)C1. The highest BCUT2D eigenvalue weighted by Gasteiger charge is 2.33. The first-order valence-corrected chi connectivity index (χ1v) is 11.0. The van der Waals surface area contributed by atoms with Crippen molar-refractivity contribution in [3.63, 3.8) is 0 Å². The van der Waals surface area contributed by atoms with E-state index < -0.39 is 5.91 Å². The van der Waals surface area contributed by atoms with E-state index in [0.717, 1.165) is 29.7 Å². The van der Waals surface area contributed by atoms with Crippen molar-refractivity contribution in [2.24, 2.45) is 17.1 Å². The molecule has 1 aliphatic carbocycles. The second-order valence-electron chi connectivity index (χ2n) is 8.34. The van der Waals surface area contributed by atoms with Gasteiger partial charge in [0.2, 0.25) is 5.91 Å². The summed E-state index contributed by atoms with van der Waals surface area (Å²) in [7, 11) is 0. The van der Waals surface area contributed by atoms with E-state index in [0.29, 0.717) is 32.1 Å². The maximum absolute atomic E-state index is 12.5. The standard InChI is InChI=1S/C22H24Cl2N2O2S/c1-22(2,3)12-7-8-14-17(11-12)29-21(19(14)20(25)28)26-18(27)10-9-13-15(23)5-4-6-16(13)24/h4-6,9-10,12H,7-8,11H2,1-3H3,(H2,25,28)(H,26,27)/b10-9+. The van der Waals surface area contributed by atoms with Gasteiger partial charge >= 0.3 is 0 Å². The van der Waals surface area contributed by atoms with Crippen molar-refractivity contribution in [1.82, 2.24) is 0 Å². The van der Waals surface area contributed by atoms with Crippen molar-refractivity contribution in [3.8, 4) is 0 Å². The number of nitrogens with two attached hydrogens (primary N) is 1. The number of nitrogens with one attached hydrogen (secondary N) is 1. The van der Waals surface area contributed by atoms with Gasteiger partial charge in [0.15, 0.2) is 0 Å². The Hall–Kier alpha value is -1.82. The van der Waals surface area contributed by atoms with Gasteiger partial charge in [-0.25, -0.2) is 0 Å². The molecular weight excluding hydrogens is 427 g/mol. The lowest BCUT2D eigenvalue weighted by molar-refractivity contribution is -0.111. The van der Waals surface area contributed by atoms with Crippen LogP contribution in [0, 0.1) is 11.3 Å². The Bertz CT molecular complexity index is 969. The van der Waals surface area contributed by atoms with E-state index in [4.69, 9.17) is 28.9 Å². The number of fused-ring (bicyclic) bond motifs is 1. The van der Waals surface area contributed by atoms with Crippen molar-refractivity contribution >= 4 is 57.4 Å². The normalized spacial score (nSPS) is 16.7. The summed E-state index contributed by atoms with van der Waals surface area (Å²) >= 11 is 13.7. The Morgan fingerprint density at radius 3 is 2.48 bits per heavy atom. The average molecular weight is 451 g/mol. The molecular formula is C22H24Cl2N2O2S. The van der Waals surface area contributed by atoms with E-state index in [9.17, 15) is 9.59 Å². The van der Waals surface area contributed by atoms with Crippen molar-refractivity contribution in [3.05, 3.63) is 55.9 Å². The molecule has 7 heteroatoms. The molecule has 1 heterocycles. The molecule has 154 valence electrons. The molecule has 2 amide bonds. The van der Waals surface area contributed by atoms with Crippen LogP contribution in [0.3, 0.4) is 0 Å². The Balaban J connectivity index is 1.84. The molecule has 1 atom stereocenters. The molecule has 0 saturated carbocycles. The molecule has 0 saturated heterocycles. The summed E-state index contributed by atoms with van der Waals surface area (Å²) in [6.07, 6.45) is 5.62. The fourth-order valence-electron chi connectivity index (χ4n) is 3.66. The van der Waals surface area contributed by atoms with E-state index in [1.54, 1.807) is 24.3 Å². The van der Waals surface area contributed by atoms with Crippen LogP contribution in [-0.4, -0.2) is 11.8 Å². The van der Waals surface area contributed by atoms with Gasteiger partial charge in [-0.05, 0) is 54.4 Å². The quantitative estimate of drug-likeness (QED) is 0.564. The molecule has 0 aliphatic heterocycles. The minimum absolute atomic E-state index is 0.189. The van der Waals surface area contributed by atoms with E-state index in [1.165, 1.54) is 17.4 Å². The molecule has 0 bridgehead atoms. The van der Waals surface area contributed by atoms with Crippen molar-refractivity contribution in [1.29, 1.82) is 0 Å². The minimum atomic E-state index is -0.509. The molecule has 3 rings (SSSR count). The minimum Gasteiger partial charge on any atom is -0.365 e. The summed E-state index contributed by atoms with van der Waals surface area (Å²) in [5.41, 5.74) is 7.83. The monoisotopic (exact) mass is 450 g/mol. The summed E-state index contributed by atoms with van der Waals surface area (Å²) in [4.78, 5) is 25.7. The zero-order chi connectivity index (χ0) is 21.3.